The summed E-state index contributed by atoms with van der Waals surface area (Å²) in [5, 5.41) is 0. The fourth-order valence-corrected chi connectivity index (χ4v) is 2.96. The van der Waals surface area contributed by atoms with Crippen LogP contribution in [0.4, 0.5) is 0 Å². The predicted octanol–water partition coefficient (Wildman–Crippen LogP) is 3.40. The van der Waals surface area contributed by atoms with E-state index in [1.807, 2.05) is 25.2 Å². The Kier molecular flexibility index (Phi) is 8.22. The molecule has 0 spiro atoms. The van der Waals surface area contributed by atoms with Crippen molar-refractivity contribution in [2.45, 2.75) is 63.8 Å². The van der Waals surface area contributed by atoms with E-state index in [1.165, 1.54) is 12.2 Å². The van der Waals surface area contributed by atoms with Gasteiger partial charge in [-0.1, -0.05) is 36.0 Å². The first-order chi connectivity index (χ1) is 12.6. The zero-order chi connectivity index (χ0) is 18.8. The molecular weight excluding hydrogens is 332 g/mol. The van der Waals surface area contributed by atoms with Crippen molar-refractivity contribution in [2.24, 2.45) is 0 Å². The van der Waals surface area contributed by atoms with Gasteiger partial charge < -0.3 is 9.47 Å². The number of hydrogen-bond donors (Lipinski definition) is 0. The predicted molar refractivity (Wildman–Crippen MR) is 98.5 cm³/mol. The van der Waals surface area contributed by atoms with E-state index < -0.39 is 12.1 Å². The van der Waals surface area contributed by atoms with Crippen molar-refractivity contribution in [1.29, 1.82) is 0 Å². The first-order valence-electron chi connectivity index (χ1n) is 9.08. The molecular formula is C21H26O5. The second-order valence-corrected chi connectivity index (χ2v) is 6.66. The van der Waals surface area contributed by atoms with Crippen LogP contribution in [0.3, 0.4) is 0 Å². The van der Waals surface area contributed by atoms with Crippen molar-refractivity contribution in [3.63, 3.8) is 0 Å². The third-order valence-electron chi connectivity index (χ3n) is 4.29. The van der Waals surface area contributed by atoms with Gasteiger partial charge in [0, 0.05) is 18.9 Å². The second kappa shape index (κ2) is 10.7. The van der Waals surface area contributed by atoms with Crippen LogP contribution in [-0.4, -0.2) is 36.4 Å². The molecule has 2 aliphatic rings. The van der Waals surface area contributed by atoms with Crippen LogP contribution >= 0.6 is 0 Å². The van der Waals surface area contributed by atoms with Crippen LogP contribution in [0.2, 0.25) is 0 Å². The Morgan fingerprint density at radius 1 is 1.12 bits per heavy atom. The standard InChI is InChI=1S/C21H26O5/c1-16-6-2-13-21(24)26-20(15-22)12-5-11-19-10-4-9-18(25-19)8-3-7-17(23)14-16/h2-3,5-7,11,13,15,18-20H,4,8-10,12,14H2,1H3/b7-3+,11-5+,13-2+,16-6-/t18-,19-,20-/m0/s1. The summed E-state index contributed by atoms with van der Waals surface area (Å²) in [5.74, 6) is -0.565. The summed E-state index contributed by atoms with van der Waals surface area (Å²) in [6.07, 6.45) is 15.9. The highest BCUT2D eigenvalue weighted by Crippen LogP contribution is 2.22. The highest BCUT2D eigenvalue weighted by Gasteiger charge is 2.20. The van der Waals surface area contributed by atoms with E-state index in [2.05, 4.69) is 0 Å². The lowest BCUT2D eigenvalue weighted by Gasteiger charge is -2.27. The van der Waals surface area contributed by atoms with Crippen molar-refractivity contribution in [2.75, 3.05) is 0 Å². The quantitative estimate of drug-likeness (QED) is 0.408. The fourth-order valence-electron chi connectivity index (χ4n) is 2.96. The minimum atomic E-state index is -0.809. The minimum Gasteiger partial charge on any atom is -0.451 e. The summed E-state index contributed by atoms with van der Waals surface area (Å²) in [4.78, 5) is 34.8. The lowest BCUT2D eigenvalue weighted by molar-refractivity contribution is -0.146. The van der Waals surface area contributed by atoms with Crippen LogP contribution in [-0.2, 0) is 23.9 Å². The molecule has 2 heterocycles. The highest BCUT2D eigenvalue weighted by atomic mass is 16.5. The normalized spacial score (nSPS) is 34.3. The van der Waals surface area contributed by atoms with Gasteiger partial charge in [-0.25, -0.2) is 4.79 Å². The van der Waals surface area contributed by atoms with E-state index in [0.717, 1.165) is 24.8 Å². The molecule has 0 aromatic carbocycles. The highest BCUT2D eigenvalue weighted by molar-refractivity contribution is 5.91. The number of hydrogen-bond acceptors (Lipinski definition) is 5. The van der Waals surface area contributed by atoms with Crippen LogP contribution in [0.25, 0.3) is 0 Å². The summed E-state index contributed by atoms with van der Waals surface area (Å²) in [7, 11) is 0. The van der Waals surface area contributed by atoms with Gasteiger partial charge >= 0.3 is 5.97 Å². The average Bonchev–Trinajstić information content (AvgIpc) is 2.60. The summed E-state index contributed by atoms with van der Waals surface area (Å²) < 4.78 is 11.1. The first kappa shape index (κ1) is 20.0. The van der Waals surface area contributed by atoms with E-state index >= 15 is 0 Å². The zero-order valence-electron chi connectivity index (χ0n) is 15.1. The SMILES string of the molecule is C/C1=C/C=C/C(=O)O[C@H](C=O)C/C=C/[C@@H]2CCC[C@H](C/C=C/C(=O)C1)O2. The summed E-state index contributed by atoms with van der Waals surface area (Å²) in [6, 6.07) is 0. The summed E-state index contributed by atoms with van der Waals surface area (Å²) in [6.45, 7) is 1.83. The molecule has 0 aromatic heterocycles. The lowest BCUT2D eigenvalue weighted by Crippen LogP contribution is -2.26. The van der Waals surface area contributed by atoms with Gasteiger partial charge in [-0.2, -0.15) is 0 Å². The van der Waals surface area contributed by atoms with Crippen molar-refractivity contribution < 1.29 is 23.9 Å². The molecule has 0 saturated carbocycles. The van der Waals surface area contributed by atoms with E-state index in [9.17, 15) is 14.4 Å². The molecule has 0 amide bonds. The van der Waals surface area contributed by atoms with Crippen LogP contribution in [0.1, 0.15) is 45.4 Å². The van der Waals surface area contributed by atoms with Crippen LogP contribution in [0.15, 0.2) is 48.1 Å². The zero-order valence-corrected chi connectivity index (χ0v) is 15.1. The smallest absolute Gasteiger partial charge is 0.331 e. The first-order valence-corrected chi connectivity index (χ1v) is 9.08. The van der Waals surface area contributed by atoms with Gasteiger partial charge in [-0.05, 0) is 38.7 Å². The second-order valence-electron chi connectivity index (χ2n) is 6.66. The Morgan fingerprint density at radius 2 is 1.96 bits per heavy atom. The largest absolute Gasteiger partial charge is 0.451 e. The maximum atomic E-state index is 12.0. The molecule has 0 unspecified atom stereocenters. The molecule has 26 heavy (non-hydrogen) atoms. The molecule has 3 atom stereocenters. The van der Waals surface area contributed by atoms with Crippen molar-refractivity contribution in [3.05, 3.63) is 48.1 Å². The van der Waals surface area contributed by atoms with Gasteiger partial charge in [0.05, 0.1) is 12.2 Å². The average molecular weight is 358 g/mol. The molecule has 0 N–H and O–H groups in total. The third-order valence-corrected chi connectivity index (χ3v) is 4.29. The topological polar surface area (TPSA) is 69.7 Å². The number of carbonyl (C=O) groups is 3. The van der Waals surface area contributed by atoms with Crippen LogP contribution in [0, 0.1) is 0 Å². The molecule has 5 heteroatoms. The molecule has 2 aliphatic heterocycles. The van der Waals surface area contributed by atoms with Crippen molar-refractivity contribution in [3.8, 4) is 0 Å². The lowest BCUT2D eigenvalue weighted by atomic mass is 10.0. The monoisotopic (exact) mass is 358 g/mol. The van der Waals surface area contributed by atoms with Gasteiger partial charge in [0.15, 0.2) is 18.2 Å². The number of aldehydes is 1. The third kappa shape index (κ3) is 7.31. The van der Waals surface area contributed by atoms with Gasteiger partial charge in [-0.15, -0.1) is 0 Å². The molecule has 5 nitrogen and oxygen atoms in total. The van der Waals surface area contributed by atoms with E-state index in [-0.39, 0.29) is 18.0 Å². The van der Waals surface area contributed by atoms with Crippen LogP contribution < -0.4 is 0 Å². The number of carbonyl (C=O) groups excluding carboxylic acids is 3. The van der Waals surface area contributed by atoms with Crippen LogP contribution in [0.5, 0.6) is 0 Å². The number of ketones is 1. The Hall–Kier alpha value is -2.27. The molecule has 1 saturated heterocycles. The fraction of sp³-hybridized carbons (Fsp3) is 0.476. The van der Waals surface area contributed by atoms with Crippen molar-refractivity contribution in [1.82, 2.24) is 0 Å². The number of allylic oxidation sites excluding steroid dienone is 4. The molecule has 140 valence electrons. The molecule has 2 rings (SSSR count). The van der Waals surface area contributed by atoms with Gasteiger partial charge in [0.25, 0.3) is 0 Å². The van der Waals surface area contributed by atoms with Gasteiger partial charge in [0.1, 0.15) is 0 Å². The van der Waals surface area contributed by atoms with E-state index in [4.69, 9.17) is 9.47 Å². The Balaban J connectivity index is 2.11. The maximum Gasteiger partial charge on any atom is 0.331 e. The molecule has 0 aromatic rings. The summed E-state index contributed by atoms with van der Waals surface area (Å²) in [5.41, 5.74) is 0.841. The molecule has 0 radical (unpaired) electrons. The summed E-state index contributed by atoms with van der Waals surface area (Å²) >= 11 is 0. The Labute approximate surface area is 154 Å². The number of esters is 1. The Morgan fingerprint density at radius 3 is 2.77 bits per heavy atom. The minimum absolute atomic E-state index is 0.00943. The maximum absolute atomic E-state index is 12.0. The van der Waals surface area contributed by atoms with Gasteiger partial charge in [-0.3, -0.25) is 9.59 Å². The molecule has 1 fully saturated rings. The number of cyclic esters (lactones) is 1. The van der Waals surface area contributed by atoms with Crippen molar-refractivity contribution >= 4 is 18.0 Å². The number of ether oxygens (including phenoxy) is 2. The Bertz CT molecular complexity index is 626. The van der Waals surface area contributed by atoms with Gasteiger partial charge in [0.2, 0.25) is 0 Å². The number of rotatable bonds is 1. The molecule has 2 bridgehead atoms. The number of fused-ring (bicyclic) bond motifs is 2. The van der Waals surface area contributed by atoms with E-state index in [0.29, 0.717) is 25.5 Å². The molecule has 0 aliphatic carbocycles. The van der Waals surface area contributed by atoms with E-state index in [1.54, 1.807) is 12.2 Å².